The van der Waals surface area contributed by atoms with E-state index in [0.29, 0.717) is 22.3 Å². The molecule has 0 radical (unpaired) electrons. The number of hydrogen-bond donors (Lipinski definition) is 0. The lowest BCUT2D eigenvalue weighted by atomic mass is 9.98. The summed E-state index contributed by atoms with van der Waals surface area (Å²) in [7, 11) is 7.84. The number of ketones is 2. The van der Waals surface area contributed by atoms with E-state index in [-0.39, 0.29) is 11.6 Å². The Hall–Kier alpha value is -3.40. The highest BCUT2D eigenvalue weighted by molar-refractivity contribution is 6.11. The highest BCUT2D eigenvalue weighted by atomic mass is 16.1. The molecule has 0 bridgehead atoms. The summed E-state index contributed by atoms with van der Waals surface area (Å²) in [5, 5.41) is 0. The summed E-state index contributed by atoms with van der Waals surface area (Å²) in [4.78, 5) is 29.3. The largest absolute Gasteiger partial charge is 0.378 e. The van der Waals surface area contributed by atoms with Crippen LogP contribution in [-0.2, 0) is 0 Å². The van der Waals surface area contributed by atoms with E-state index in [9.17, 15) is 9.59 Å². The summed E-state index contributed by atoms with van der Waals surface area (Å²) >= 11 is 0. The van der Waals surface area contributed by atoms with Crippen LogP contribution in [0.4, 0.5) is 11.4 Å². The average Bonchev–Trinajstić information content (AvgIpc) is 2.73. The van der Waals surface area contributed by atoms with Crippen LogP contribution in [0.5, 0.6) is 0 Å². The molecule has 0 heterocycles. The number of rotatable bonds is 6. The second-order valence-electron chi connectivity index (χ2n) is 7.12. The van der Waals surface area contributed by atoms with E-state index in [0.717, 1.165) is 11.4 Å². The van der Waals surface area contributed by atoms with Gasteiger partial charge in [-0.3, -0.25) is 9.59 Å². The van der Waals surface area contributed by atoms with Gasteiger partial charge in [-0.05, 0) is 48.5 Å². The standard InChI is InChI=1S/C24H24N2O2/c1-25(2)21-13-9-19(10-14-21)23(27)17-5-7-18(8-6-17)24(28)20-11-15-22(16-12-20)26(3)4/h5-16H,1-4H3. The molecule has 0 spiro atoms. The minimum Gasteiger partial charge on any atom is -0.378 e. The van der Waals surface area contributed by atoms with Crippen molar-refractivity contribution >= 4 is 22.9 Å². The van der Waals surface area contributed by atoms with E-state index in [4.69, 9.17) is 0 Å². The predicted octanol–water partition coefficient (Wildman–Crippen LogP) is 4.28. The lowest BCUT2D eigenvalue weighted by Crippen LogP contribution is -2.09. The van der Waals surface area contributed by atoms with Crippen LogP contribution in [0.2, 0.25) is 0 Å². The summed E-state index contributed by atoms with van der Waals surface area (Å²) in [5.74, 6) is -0.112. The normalized spacial score (nSPS) is 10.4. The third kappa shape index (κ3) is 4.12. The van der Waals surface area contributed by atoms with Crippen molar-refractivity contribution in [3.63, 3.8) is 0 Å². The summed E-state index contributed by atoms with van der Waals surface area (Å²) in [6.45, 7) is 0. The fourth-order valence-electron chi connectivity index (χ4n) is 2.93. The van der Waals surface area contributed by atoms with Crippen molar-refractivity contribution in [1.82, 2.24) is 0 Å². The Bertz CT molecular complexity index is 888. The first-order valence-corrected chi connectivity index (χ1v) is 9.11. The Kier molecular flexibility index (Phi) is 5.59. The van der Waals surface area contributed by atoms with Gasteiger partial charge in [-0.25, -0.2) is 0 Å². The number of carbonyl (C=O) groups is 2. The molecule has 3 aromatic rings. The number of benzene rings is 3. The van der Waals surface area contributed by atoms with E-state index >= 15 is 0 Å². The summed E-state index contributed by atoms with van der Waals surface area (Å²) in [6, 6.07) is 21.8. The molecule has 0 saturated heterocycles. The van der Waals surface area contributed by atoms with Gasteiger partial charge in [0.05, 0.1) is 0 Å². The molecule has 0 N–H and O–H groups in total. The number of carbonyl (C=O) groups excluding carboxylic acids is 2. The van der Waals surface area contributed by atoms with Gasteiger partial charge in [0.1, 0.15) is 0 Å². The van der Waals surface area contributed by atoms with Gasteiger partial charge in [0.15, 0.2) is 11.6 Å². The van der Waals surface area contributed by atoms with E-state index in [1.54, 1.807) is 24.3 Å². The zero-order valence-corrected chi connectivity index (χ0v) is 16.6. The molecule has 4 nitrogen and oxygen atoms in total. The lowest BCUT2D eigenvalue weighted by Gasteiger charge is -2.13. The van der Waals surface area contributed by atoms with Crippen molar-refractivity contribution < 1.29 is 9.59 Å². The van der Waals surface area contributed by atoms with Gasteiger partial charge in [-0.15, -0.1) is 0 Å². The van der Waals surface area contributed by atoms with Crippen molar-refractivity contribution in [2.75, 3.05) is 38.0 Å². The van der Waals surface area contributed by atoms with Crippen LogP contribution in [-0.4, -0.2) is 39.8 Å². The van der Waals surface area contributed by atoms with Gasteiger partial charge < -0.3 is 9.80 Å². The zero-order valence-electron chi connectivity index (χ0n) is 16.6. The molecule has 0 aromatic heterocycles. The SMILES string of the molecule is CN(C)c1ccc(C(=O)c2ccc(C(=O)c3ccc(N(C)C)cc3)cc2)cc1. The molecular formula is C24H24N2O2. The first kappa shape index (κ1) is 19.4. The van der Waals surface area contributed by atoms with Crippen molar-refractivity contribution in [2.45, 2.75) is 0 Å². The molecule has 0 atom stereocenters. The lowest BCUT2D eigenvalue weighted by molar-refractivity contribution is 0.102. The quantitative estimate of drug-likeness (QED) is 0.606. The highest BCUT2D eigenvalue weighted by Gasteiger charge is 2.13. The van der Waals surface area contributed by atoms with E-state index < -0.39 is 0 Å². The number of nitrogens with zero attached hydrogens (tertiary/aromatic N) is 2. The second kappa shape index (κ2) is 8.09. The molecule has 3 aromatic carbocycles. The first-order chi connectivity index (χ1) is 13.4. The van der Waals surface area contributed by atoms with Gasteiger partial charge in [-0.2, -0.15) is 0 Å². The summed E-state index contributed by atoms with van der Waals surface area (Å²) < 4.78 is 0. The Labute approximate surface area is 166 Å². The monoisotopic (exact) mass is 372 g/mol. The molecule has 142 valence electrons. The molecule has 0 aliphatic heterocycles. The van der Waals surface area contributed by atoms with Crippen LogP contribution in [0.1, 0.15) is 31.8 Å². The second-order valence-corrected chi connectivity index (χ2v) is 7.12. The zero-order chi connectivity index (χ0) is 20.3. The first-order valence-electron chi connectivity index (χ1n) is 9.11. The van der Waals surface area contributed by atoms with E-state index in [2.05, 4.69) is 0 Å². The van der Waals surface area contributed by atoms with E-state index in [1.165, 1.54) is 0 Å². The molecule has 3 rings (SSSR count). The molecule has 0 fully saturated rings. The Morgan fingerprint density at radius 3 is 0.893 bits per heavy atom. The minimum absolute atomic E-state index is 0.0559. The molecule has 0 amide bonds. The maximum absolute atomic E-state index is 12.7. The topological polar surface area (TPSA) is 40.6 Å². The van der Waals surface area contributed by atoms with Crippen molar-refractivity contribution in [3.8, 4) is 0 Å². The Morgan fingerprint density at radius 1 is 0.464 bits per heavy atom. The molecule has 0 aliphatic rings. The smallest absolute Gasteiger partial charge is 0.193 e. The Balaban J connectivity index is 1.76. The number of hydrogen-bond acceptors (Lipinski definition) is 4. The minimum atomic E-state index is -0.0559. The van der Waals surface area contributed by atoms with Crippen molar-refractivity contribution in [3.05, 3.63) is 95.1 Å². The third-order valence-electron chi connectivity index (χ3n) is 4.70. The average molecular weight is 372 g/mol. The van der Waals surface area contributed by atoms with E-state index in [1.807, 2.05) is 86.5 Å². The van der Waals surface area contributed by atoms with Crippen LogP contribution in [0, 0.1) is 0 Å². The maximum atomic E-state index is 12.7. The summed E-state index contributed by atoms with van der Waals surface area (Å²) in [5.41, 5.74) is 4.47. The van der Waals surface area contributed by atoms with Crippen LogP contribution >= 0.6 is 0 Å². The molecular weight excluding hydrogens is 348 g/mol. The van der Waals surface area contributed by atoms with Gasteiger partial charge in [0.2, 0.25) is 0 Å². The molecule has 0 unspecified atom stereocenters. The molecule has 4 heteroatoms. The highest BCUT2D eigenvalue weighted by Crippen LogP contribution is 2.18. The number of anilines is 2. The van der Waals surface area contributed by atoms with Crippen molar-refractivity contribution in [2.24, 2.45) is 0 Å². The predicted molar refractivity (Wildman–Crippen MR) is 115 cm³/mol. The van der Waals surface area contributed by atoms with Crippen molar-refractivity contribution in [1.29, 1.82) is 0 Å². The van der Waals surface area contributed by atoms with Crippen LogP contribution in [0.3, 0.4) is 0 Å². The Morgan fingerprint density at radius 2 is 0.679 bits per heavy atom. The summed E-state index contributed by atoms with van der Waals surface area (Å²) in [6.07, 6.45) is 0. The molecule has 28 heavy (non-hydrogen) atoms. The fraction of sp³-hybridized carbons (Fsp3) is 0.167. The van der Waals surface area contributed by atoms with Gasteiger partial charge in [0.25, 0.3) is 0 Å². The van der Waals surface area contributed by atoms with Crippen LogP contribution in [0.15, 0.2) is 72.8 Å². The fourth-order valence-corrected chi connectivity index (χ4v) is 2.93. The van der Waals surface area contributed by atoms with Crippen LogP contribution in [0.25, 0.3) is 0 Å². The molecule has 0 saturated carbocycles. The van der Waals surface area contributed by atoms with Crippen LogP contribution < -0.4 is 9.80 Å². The van der Waals surface area contributed by atoms with Gasteiger partial charge in [0, 0.05) is 61.8 Å². The third-order valence-corrected chi connectivity index (χ3v) is 4.70. The van der Waals surface area contributed by atoms with Gasteiger partial charge in [-0.1, -0.05) is 24.3 Å². The maximum Gasteiger partial charge on any atom is 0.193 e. The van der Waals surface area contributed by atoms with Gasteiger partial charge >= 0.3 is 0 Å². The molecule has 0 aliphatic carbocycles.